The number of rotatable bonds is 22. The third-order valence-electron chi connectivity index (χ3n) is 22.1. The standard InChI is InChI=1S/C47H56F2N8O9.C33H34F2N6O3.4H2/c1-23(2)38(54-46(60)63-6)43(58)56-18-25(20-62-5)12-35(56)41-50-17-34(52-41)28-8-10-30-29(14-28)22-65-37-16-31-27(15-32(30)37)9-11-33-40(31)53-42(51-33)36-13-26(21-66-45(48)49)19-57(36)44(59)39(24(3)4)55-47(61)64-7;1-42-14-17-6-26(36-11-17)31-38-13-28(40-31)20-2-4-22-21(8-20)16-43-29-10-23-19(9-24(22)29)3-5-25-30(23)41-32(39-25)27-7-18(12-37-27)15-44-33(34)35;;;;/h8-11,14-17,23-26,35-36,38-39,45H,12-13,18-22H2,1-7H3,(H,50,52)(H,51,53)(H,54,60)(H,55,61);2-5,8-10,13,17-18,26-27,33,36-37H,6-7,11-12,14-16H2,1H3,(H,38,40)(H,39,41);4*1H/t25-,26-,35-,36-,38-,39-;17-,18-,26-,27-;;;;/m00..../s1. The van der Waals surface area contributed by atoms with E-state index in [1.165, 1.54) is 14.2 Å². The largest absolute Gasteiger partial charge is 0.488 e. The smallest absolute Gasteiger partial charge is 0.407 e. The molecule has 10 atom stereocenters. The van der Waals surface area contributed by atoms with Gasteiger partial charge in [0.2, 0.25) is 11.8 Å². The van der Waals surface area contributed by atoms with Crippen molar-refractivity contribution in [3.05, 3.63) is 132 Å². The van der Waals surface area contributed by atoms with E-state index in [1.807, 2.05) is 50.4 Å². The Labute approximate surface area is 637 Å². The highest BCUT2D eigenvalue weighted by Gasteiger charge is 2.44. The first-order valence-corrected chi connectivity index (χ1v) is 37.3. The Morgan fingerprint density at radius 3 is 1.46 bits per heavy atom. The molecule has 4 saturated heterocycles. The Morgan fingerprint density at radius 2 is 0.964 bits per heavy atom. The number of nitrogens with zero attached hydrogens (tertiary/aromatic N) is 6. The molecule has 110 heavy (non-hydrogen) atoms. The highest BCUT2D eigenvalue weighted by Crippen LogP contribution is 2.47. The van der Waals surface area contributed by atoms with E-state index in [1.54, 1.807) is 44.1 Å². The van der Waals surface area contributed by atoms with E-state index < -0.39 is 49.5 Å². The summed E-state index contributed by atoms with van der Waals surface area (Å²) in [6.07, 6.45) is 4.91. The van der Waals surface area contributed by atoms with Gasteiger partial charge in [-0.2, -0.15) is 17.6 Å². The Bertz CT molecular complexity index is 5090. The number of benzene rings is 6. The van der Waals surface area contributed by atoms with Crippen molar-refractivity contribution < 1.29 is 80.3 Å². The molecule has 10 heterocycles. The van der Waals surface area contributed by atoms with Crippen molar-refractivity contribution in [2.75, 3.05) is 81.0 Å². The van der Waals surface area contributed by atoms with Crippen LogP contribution in [-0.2, 0) is 51.2 Å². The first kappa shape index (κ1) is 75.2. The molecule has 8 N–H and O–H groups in total. The number of H-pyrrole nitrogens is 4. The molecule has 0 spiro atoms. The van der Waals surface area contributed by atoms with E-state index in [-0.39, 0.29) is 79.1 Å². The normalized spacial score (nSPS) is 21.3. The summed E-state index contributed by atoms with van der Waals surface area (Å²) in [6.45, 7) is 5.60. The van der Waals surface area contributed by atoms with Crippen LogP contribution in [0.15, 0.2) is 97.3 Å². The Kier molecular flexibility index (Phi) is 21.9. The number of methoxy groups -OCH3 is 4. The maximum atomic E-state index is 14.1. The molecular weight excluding hydrogens is 1420 g/mol. The van der Waals surface area contributed by atoms with Crippen LogP contribution in [0.5, 0.6) is 11.5 Å². The topological polar surface area (TPSA) is 311 Å². The van der Waals surface area contributed by atoms with Crippen LogP contribution in [-0.4, -0.2) is 180 Å². The van der Waals surface area contributed by atoms with E-state index in [0.29, 0.717) is 81.0 Å². The van der Waals surface area contributed by atoms with Gasteiger partial charge in [-0.05, 0) is 142 Å². The molecule has 6 aromatic carbocycles. The van der Waals surface area contributed by atoms with Crippen molar-refractivity contribution in [2.24, 2.45) is 35.5 Å². The van der Waals surface area contributed by atoms with Crippen LogP contribution in [0.4, 0.5) is 27.2 Å². The van der Waals surface area contributed by atoms with E-state index in [2.05, 4.69) is 110 Å². The number of carbonyl (C=O) groups excluding carboxylic acids is 4. The molecule has 30 heteroatoms. The molecule has 0 radical (unpaired) electrons. The maximum absolute atomic E-state index is 14.1. The zero-order valence-electron chi connectivity index (χ0n) is 62.3. The van der Waals surface area contributed by atoms with Gasteiger partial charge in [-0.15, -0.1) is 0 Å². The zero-order chi connectivity index (χ0) is 76.8. The molecule has 4 fully saturated rings. The van der Waals surface area contributed by atoms with Crippen LogP contribution < -0.4 is 30.7 Å². The summed E-state index contributed by atoms with van der Waals surface area (Å²) < 4.78 is 93.5. The van der Waals surface area contributed by atoms with Gasteiger partial charge >= 0.3 is 25.4 Å². The summed E-state index contributed by atoms with van der Waals surface area (Å²) >= 11 is 0. The molecule has 4 amide bonds. The minimum Gasteiger partial charge on any atom is -0.488 e. The summed E-state index contributed by atoms with van der Waals surface area (Å²) in [7, 11) is 5.88. The predicted molar refractivity (Wildman–Crippen MR) is 409 cm³/mol. The molecule has 6 aliphatic heterocycles. The second kappa shape index (κ2) is 32.0. The van der Waals surface area contributed by atoms with Crippen molar-refractivity contribution in [3.63, 3.8) is 0 Å². The molecule has 0 saturated carbocycles. The number of amides is 4. The molecule has 4 aromatic heterocycles. The lowest BCUT2D eigenvalue weighted by Crippen LogP contribution is -2.51. The highest BCUT2D eigenvalue weighted by molar-refractivity contribution is 6.08. The zero-order valence-corrected chi connectivity index (χ0v) is 62.3. The van der Waals surface area contributed by atoms with E-state index >= 15 is 0 Å². The molecule has 16 rings (SSSR count). The number of alkyl halides is 4. The average Bonchev–Trinajstić information content (AvgIpc) is 1.35. The second-order valence-electron chi connectivity index (χ2n) is 30.1. The monoisotopic (exact) mass is 1520 g/mol. The molecule has 0 unspecified atom stereocenters. The number of aromatic nitrogens is 8. The van der Waals surface area contributed by atoms with Gasteiger partial charge in [0.15, 0.2) is 0 Å². The van der Waals surface area contributed by atoms with Gasteiger partial charge < -0.3 is 88.9 Å². The fourth-order valence-electron chi connectivity index (χ4n) is 16.6. The number of halogens is 4. The second-order valence-corrected chi connectivity index (χ2v) is 30.1. The molecule has 588 valence electrons. The number of fused-ring (bicyclic) bond motifs is 12. The first-order valence-electron chi connectivity index (χ1n) is 37.3. The number of alkyl carbamates (subject to hydrolysis) is 2. The Balaban J connectivity index is 0.000000232. The van der Waals surface area contributed by atoms with Crippen molar-refractivity contribution in [1.82, 2.24) is 70.9 Å². The molecule has 10 aromatic rings. The lowest BCUT2D eigenvalue weighted by atomic mass is 9.92. The lowest BCUT2D eigenvalue weighted by Gasteiger charge is -2.30. The Morgan fingerprint density at radius 1 is 0.518 bits per heavy atom. The van der Waals surface area contributed by atoms with Gasteiger partial charge in [-0.3, -0.25) is 9.59 Å². The summed E-state index contributed by atoms with van der Waals surface area (Å²) in [5.74, 6) is 3.54. The van der Waals surface area contributed by atoms with E-state index in [0.717, 1.165) is 131 Å². The summed E-state index contributed by atoms with van der Waals surface area (Å²) in [6, 6.07) is 26.5. The number of carbonyl (C=O) groups is 4. The number of hydrogen-bond donors (Lipinski definition) is 8. The van der Waals surface area contributed by atoms with Crippen molar-refractivity contribution in [2.45, 2.75) is 116 Å². The summed E-state index contributed by atoms with van der Waals surface area (Å²) in [5.41, 5.74) is 13.2. The maximum Gasteiger partial charge on any atom is 0.407 e. The third-order valence-corrected chi connectivity index (χ3v) is 22.1. The van der Waals surface area contributed by atoms with Crippen LogP contribution in [0.2, 0.25) is 0 Å². The van der Waals surface area contributed by atoms with Gasteiger partial charge in [0.1, 0.15) is 60.1 Å². The van der Waals surface area contributed by atoms with Gasteiger partial charge in [0.25, 0.3) is 0 Å². The number of nitrogens with one attached hydrogen (secondary N) is 8. The number of ether oxygens (including phenoxy) is 8. The SMILES string of the molecule is COC[C@@H]1CN[C@H](c2ncc(-c3ccc4c(c3)COc3cc5c(ccc6[nH]c([C@@H]7C[C@H](COC(F)F)CN7)nc65)cc3-4)[nH]2)C1.COC[C@H]1C[C@@H](c2ncc(-c3ccc4c(c3)COc3cc5c(ccc6[nH]c([C@@H]7C[C@H](COC(F)F)CN7C(=O)[C@@H](NC(=O)OC)C(C)C)nc65)cc3-4)[nH]2)N(C(=O)[C@@H](NC(=O)OC)C(C)C)C1.[HH].[HH].[HH].[HH]. The van der Waals surface area contributed by atoms with Gasteiger partial charge in [0.05, 0.1) is 111 Å². The number of likely N-dealkylation sites (tertiary alicyclic amines) is 2. The number of imidazole rings is 4. The molecule has 0 aliphatic carbocycles. The van der Waals surface area contributed by atoms with Crippen molar-refractivity contribution >= 4 is 67.6 Å². The van der Waals surface area contributed by atoms with E-state index in [4.69, 9.17) is 43.4 Å². The fraction of sp³-hybridized carbons (Fsp3) is 0.450. The molecule has 26 nitrogen and oxygen atoms in total. The van der Waals surface area contributed by atoms with Crippen LogP contribution >= 0.6 is 0 Å². The Hall–Kier alpha value is -10.2. The van der Waals surface area contributed by atoms with Gasteiger partial charge in [-0.25, -0.2) is 29.5 Å². The molecule has 0 bridgehead atoms. The summed E-state index contributed by atoms with van der Waals surface area (Å²) in [4.78, 5) is 89.0. The number of aromatic amines is 4. The van der Waals surface area contributed by atoms with E-state index in [9.17, 15) is 36.7 Å². The van der Waals surface area contributed by atoms with Crippen LogP contribution in [0, 0.1) is 35.5 Å². The van der Waals surface area contributed by atoms with Crippen LogP contribution in [0.3, 0.4) is 0 Å². The quantitative estimate of drug-likeness (QED) is 0.0292. The number of hydrogen-bond acceptors (Lipinski definition) is 18. The van der Waals surface area contributed by atoms with Gasteiger partial charge in [0, 0.05) is 79.8 Å². The van der Waals surface area contributed by atoms with Crippen molar-refractivity contribution in [1.29, 1.82) is 0 Å². The minimum atomic E-state index is -2.95. The average molecular weight is 1520 g/mol. The summed E-state index contributed by atoms with van der Waals surface area (Å²) in [5, 5.41) is 16.1. The van der Waals surface area contributed by atoms with Crippen molar-refractivity contribution in [3.8, 4) is 56.3 Å². The predicted octanol–water partition coefficient (Wildman–Crippen LogP) is 13.9. The minimum absolute atomic E-state index is 0. The molecular formula is C80H98F4N14O12. The highest BCUT2D eigenvalue weighted by atomic mass is 19.3. The lowest BCUT2D eigenvalue weighted by molar-refractivity contribution is -0.139. The van der Waals surface area contributed by atoms with Crippen LogP contribution in [0.1, 0.15) is 118 Å². The third kappa shape index (κ3) is 15.4. The fourth-order valence-corrected chi connectivity index (χ4v) is 16.6. The first-order chi connectivity index (χ1) is 53.2. The molecule has 6 aliphatic rings. The van der Waals surface area contributed by atoms with Crippen LogP contribution in [0.25, 0.3) is 88.4 Å². The van der Waals surface area contributed by atoms with Gasteiger partial charge in [-0.1, -0.05) is 64.1 Å².